The van der Waals surface area contributed by atoms with Crippen LogP contribution >= 0.6 is 0 Å². The maximum absolute atomic E-state index is 12.1. The largest absolute Gasteiger partial charge is 0.493 e. The first-order valence-electron chi connectivity index (χ1n) is 6.90. The lowest BCUT2D eigenvalue weighted by atomic mass is 9.85. The number of carbonyl (C=O) groups is 1. The van der Waals surface area contributed by atoms with E-state index in [0.29, 0.717) is 12.2 Å². The molecular formula is C14H23N3O2. The first kappa shape index (κ1) is 14.1. The van der Waals surface area contributed by atoms with E-state index in [9.17, 15) is 4.79 Å². The van der Waals surface area contributed by atoms with Crippen LogP contribution in [0.15, 0.2) is 6.20 Å². The van der Waals surface area contributed by atoms with Crippen LogP contribution in [0.4, 0.5) is 0 Å². The van der Waals surface area contributed by atoms with E-state index in [1.165, 1.54) is 0 Å². The van der Waals surface area contributed by atoms with E-state index in [2.05, 4.69) is 10.00 Å². The van der Waals surface area contributed by atoms with E-state index < -0.39 is 0 Å². The number of carbonyl (C=O) groups excluding carboxylic acids is 1. The fraction of sp³-hybridized carbons (Fsp3) is 0.714. The van der Waals surface area contributed by atoms with Gasteiger partial charge in [0.1, 0.15) is 5.78 Å². The van der Waals surface area contributed by atoms with Crippen molar-refractivity contribution < 1.29 is 9.53 Å². The number of likely N-dealkylation sites (N-methyl/N-ethyl adjacent to an activating group) is 1. The van der Waals surface area contributed by atoms with Gasteiger partial charge in [-0.25, -0.2) is 0 Å². The molecule has 1 fully saturated rings. The van der Waals surface area contributed by atoms with E-state index in [1.54, 1.807) is 13.3 Å². The van der Waals surface area contributed by atoms with E-state index in [-0.39, 0.29) is 5.92 Å². The van der Waals surface area contributed by atoms with Gasteiger partial charge in [-0.1, -0.05) is 6.42 Å². The van der Waals surface area contributed by atoms with Gasteiger partial charge in [0.05, 0.1) is 31.5 Å². The number of rotatable bonds is 5. The summed E-state index contributed by atoms with van der Waals surface area (Å²) < 4.78 is 7.32. The summed E-state index contributed by atoms with van der Waals surface area (Å²) in [5.41, 5.74) is 0.967. The van der Waals surface area contributed by atoms with Crippen molar-refractivity contribution in [2.45, 2.75) is 38.1 Å². The molecule has 0 aliphatic heterocycles. The summed E-state index contributed by atoms with van der Waals surface area (Å²) in [6.45, 7) is 1.69. The van der Waals surface area contributed by atoms with Gasteiger partial charge < -0.3 is 9.64 Å². The Labute approximate surface area is 114 Å². The number of hydrogen-bond donors (Lipinski definition) is 0. The van der Waals surface area contributed by atoms with Gasteiger partial charge in [0, 0.05) is 13.0 Å². The summed E-state index contributed by atoms with van der Waals surface area (Å²) in [5, 5.41) is 4.38. The van der Waals surface area contributed by atoms with Crippen LogP contribution in [0, 0.1) is 0 Å². The number of hydrogen-bond acceptors (Lipinski definition) is 4. The molecule has 1 atom stereocenters. The molecule has 0 N–H and O–H groups in total. The molecule has 0 spiro atoms. The zero-order valence-electron chi connectivity index (χ0n) is 12.1. The van der Waals surface area contributed by atoms with Crippen LogP contribution in [-0.4, -0.2) is 48.2 Å². The maximum Gasteiger partial charge on any atom is 0.160 e. The Morgan fingerprint density at radius 2 is 2.26 bits per heavy atom. The number of Topliss-reactive ketones (excluding diaryl/α,β-unsaturated/α-hetero) is 1. The number of nitrogens with zero attached hydrogens (tertiary/aromatic N) is 3. The van der Waals surface area contributed by atoms with Gasteiger partial charge >= 0.3 is 0 Å². The second kappa shape index (κ2) is 6.19. The Kier molecular flexibility index (Phi) is 4.58. The quantitative estimate of drug-likeness (QED) is 0.812. The molecule has 1 aliphatic carbocycles. The van der Waals surface area contributed by atoms with Gasteiger partial charge in [-0.15, -0.1) is 0 Å². The molecule has 1 unspecified atom stereocenters. The van der Waals surface area contributed by atoms with Crippen molar-refractivity contribution in [1.82, 2.24) is 14.7 Å². The molecule has 0 amide bonds. The van der Waals surface area contributed by atoms with E-state index >= 15 is 0 Å². The number of methoxy groups -OCH3 is 1. The zero-order chi connectivity index (χ0) is 13.8. The number of aromatic nitrogens is 2. The van der Waals surface area contributed by atoms with Gasteiger partial charge in [0.25, 0.3) is 0 Å². The van der Waals surface area contributed by atoms with Crippen molar-refractivity contribution in [2.24, 2.45) is 0 Å². The topological polar surface area (TPSA) is 47.4 Å². The third-order valence-electron chi connectivity index (χ3n) is 3.71. The molecule has 1 saturated carbocycles. The van der Waals surface area contributed by atoms with Crippen LogP contribution < -0.4 is 4.74 Å². The van der Waals surface area contributed by atoms with Crippen LogP contribution in [0.1, 0.15) is 37.3 Å². The predicted octanol–water partition coefficient (Wildman–Crippen LogP) is 1.68. The highest BCUT2D eigenvalue weighted by Crippen LogP contribution is 2.35. The first-order chi connectivity index (χ1) is 9.13. The monoisotopic (exact) mass is 265 g/mol. The van der Waals surface area contributed by atoms with Crippen LogP contribution in [0.3, 0.4) is 0 Å². The minimum absolute atomic E-state index is 0.0339. The van der Waals surface area contributed by atoms with Gasteiger partial charge in [0.15, 0.2) is 5.75 Å². The normalized spacial score (nSPS) is 20.0. The minimum atomic E-state index is -0.0339. The predicted molar refractivity (Wildman–Crippen MR) is 73.5 cm³/mol. The van der Waals surface area contributed by atoms with Crippen molar-refractivity contribution in [3.63, 3.8) is 0 Å². The summed E-state index contributed by atoms with van der Waals surface area (Å²) in [6.07, 6.45) is 5.46. The fourth-order valence-corrected chi connectivity index (χ4v) is 2.63. The third-order valence-corrected chi connectivity index (χ3v) is 3.71. The molecule has 1 aromatic heterocycles. The minimum Gasteiger partial charge on any atom is -0.493 e. The maximum atomic E-state index is 12.1. The summed E-state index contributed by atoms with van der Waals surface area (Å²) in [7, 11) is 5.71. The Balaban J connectivity index is 2.24. The molecular weight excluding hydrogens is 242 g/mol. The van der Waals surface area contributed by atoms with Crippen LogP contribution in [-0.2, 0) is 11.3 Å². The van der Waals surface area contributed by atoms with E-state index in [1.807, 2.05) is 18.8 Å². The third kappa shape index (κ3) is 3.15. The average Bonchev–Trinajstić information content (AvgIpc) is 2.79. The molecule has 19 heavy (non-hydrogen) atoms. The summed E-state index contributed by atoms with van der Waals surface area (Å²) in [5.74, 6) is 1.04. The summed E-state index contributed by atoms with van der Waals surface area (Å²) >= 11 is 0. The van der Waals surface area contributed by atoms with Gasteiger partial charge in [0.2, 0.25) is 0 Å². The SMILES string of the molecule is COc1cnn(CCN(C)C)c1C1CCCCC1=O. The fourth-order valence-electron chi connectivity index (χ4n) is 2.63. The second-order valence-corrected chi connectivity index (χ2v) is 5.39. The van der Waals surface area contributed by atoms with Gasteiger partial charge in [-0.3, -0.25) is 9.48 Å². The molecule has 0 bridgehead atoms. The van der Waals surface area contributed by atoms with Crippen LogP contribution in [0.2, 0.25) is 0 Å². The lowest BCUT2D eigenvalue weighted by molar-refractivity contribution is -0.122. The van der Waals surface area contributed by atoms with Gasteiger partial charge in [-0.2, -0.15) is 5.10 Å². The number of ketones is 1. The molecule has 0 radical (unpaired) electrons. The molecule has 1 aromatic rings. The average molecular weight is 265 g/mol. The molecule has 0 aromatic carbocycles. The standard InChI is InChI=1S/C14H23N3O2/c1-16(2)8-9-17-14(13(19-3)10-15-17)11-6-4-5-7-12(11)18/h10-11H,4-9H2,1-3H3. The Morgan fingerprint density at radius 1 is 1.47 bits per heavy atom. The molecule has 106 valence electrons. The van der Waals surface area contributed by atoms with Crippen molar-refractivity contribution >= 4 is 5.78 Å². The zero-order valence-corrected chi connectivity index (χ0v) is 12.1. The summed E-state index contributed by atoms with van der Waals surface area (Å²) in [6, 6.07) is 0. The highest BCUT2D eigenvalue weighted by atomic mass is 16.5. The highest BCUT2D eigenvalue weighted by molar-refractivity contribution is 5.86. The van der Waals surface area contributed by atoms with Crippen molar-refractivity contribution in [1.29, 1.82) is 0 Å². The molecule has 5 nitrogen and oxygen atoms in total. The molecule has 1 aliphatic rings. The molecule has 2 rings (SSSR count). The molecule has 1 heterocycles. The van der Waals surface area contributed by atoms with E-state index in [0.717, 1.165) is 43.8 Å². The number of ether oxygens (including phenoxy) is 1. The Bertz CT molecular complexity index is 440. The van der Waals surface area contributed by atoms with Crippen LogP contribution in [0.5, 0.6) is 5.75 Å². The lowest BCUT2D eigenvalue weighted by Crippen LogP contribution is -2.24. The van der Waals surface area contributed by atoms with Crippen molar-refractivity contribution in [2.75, 3.05) is 27.7 Å². The smallest absolute Gasteiger partial charge is 0.160 e. The van der Waals surface area contributed by atoms with Crippen molar-refractivity contribution in [3.05, 3.63) is 11.9 Å². The second-order valence-electron chi connectivity index (χ2n) is 5.39. The first-order valence-corrected chi connectivity index (χ1v) is 6.90. The lowest BCUT2D eigenvalue weighted by Gasteiger charge is -2.23. The van der Waals surface area contributed by atoms with E-state index in [4.69, 9.17) is 4.74 Å². The summed E-state index contributed by atoms with van der Waals surface area (Å²) in [4.78, 5) is 14.3. The van der Waals surface area contributed by atoms with Crippen molar-refractivity contribution in [3.8, 4) is 5.75 Å². The Hall–Kier alpha value is -1.36. The highest BCUT2D eigenvalue weighted by Gasteiger charge is 2.30. The Morgan fingerprint density at radius 3 is 2.89 bits per heavy atom. The van der Waals surface area contributed by atoms with Gasteiger partial charge in [-0.05, 0) is 26.9 Å². The molecule has 5 heteroatoms. The molecule has 0 saturated heterocycles. The van der Waals surface area contributed by atoms with Crippen LogP contribution in [0.25, 0.3) is 0 Å².